The van der Waals surface area contributed by atoms with Crippen molar-refractivity contribution in [3.05, 3.63) is 58.6 Å². The van der Waals surface area contributed by atoms with Crippen molar-refractivity contribution in [2.24, 2.45) is 11.8 Å². The lowest BCUT2D eigenvalue weighted by atomic mass is 9.81. The van der Waals surface area contributed by atoms with Crippen LogP contribution < -0.4 is 9.46 Å². The molecule has 1 N–H and O–H groups in total. The number of imide groups is 1. The molecule has 32 heavy (non-hydrogen) atoms. The van der Waals surface area contributed by atoms with E-state index in [0.717, 1.165) is 31.2 Å². The van der Waals surface area contributed by atoms with E-state index in [1.807, 2.05) is 0 Å². The number of halogens is 1. The molecule has 0 spiro atoms. The number of hydrogen-bond acceptors (Lipinski definition) is 5. The fourth-order valence-corrected chi connectivity index (χ4v) is 5.82. The summed E-state index contributed by atoms with van der Waals surface area (Å²) in [5, 5.41) is 0.567. The summed E-state index contributed by atoms with van der Waals surface area (Å²) >= 11 is 5.88. The van der Waals surface area contributed by atoms with Crippen LogP contribution in [0.3, 0.4) is 0 Å². The van der Waals surface area contributed by atoms with Crippen molar-refractivity contribution in [1.29, 1.82) is 0 Å². The van der Waals surface area contributed by atoms with Gasteiger partial charge in [0.25, 0.3) is 0 Å². The molecule has 4 rings (SSSR count). The van der Waals surface area contributed by atoms with Gasteiger partial charge >= 0.3 is 0 Å². The number of benzene rings is 2. The molecule has 2 aliphatic rings. The number of carbonyl (C=O) groups excluding carboxylic acids is 2. The van der Waals surface area contributed by atoms with Crippen LogP contribution in [-0.2, 0) is 32.7 Å². The lowest BCUT2D eigenvalue weighted by Crippen LogP contribution is -2.30. The van der Waals surface area contributed by atoms with Gasteiger partial charge in [-0.25, -0.2) is 13.1 Å². The number of amides is 2. The Balaban J connectivity index is 1.55. The second kappa shape index (κ2) is 9.21. The fourth-order valence-electron chi connectivity index (χ4n) is 4.46. The molecule has 0 bridgehead atoms. The van der Waals surface area contributed by atoms with Gasteiger partial charge in [-0.2, -0.15) is 0 Å². The summed E-state index contributed by atoms with van der Waals surface area (Å²) in [4.78, 5) is 26.8. The van der Waals surface area contributed by atoms with Crippen molar-refractivity contribution in [2.75, 3.05) is 7.11 Å². The van der Waals surface area contributed by atoms with E-state index in [9.17, 15) is 18.0 Å². The predicted molar refractivity (Wildman–Crippen MR) is 119 cm³/mol. The molecule has 2 aromatic carbocycles. The zero-order valence-corrected chi connectivity index (χ0v) is 19.3. The zero-order chi connectivity index (χ0) is 22.9. The number of hydrogen-bond donors (Lipinski definition) is 1. The lowest BCUT2D eigenvalue weighted by molar-refractivity contribution is -0.140. The summed E-state index contributed by atoms with van der Waals surface area (Å²) in [6, 6.07) is 11.5. The fraction of sp³-hybridized carbons (Fsp3) is 0.391. The van der Waals surface area contributed by atoms with Crippen LogP contribution >= 0.6 is 11.6 Å². The summed E-state index contributed by atoms with van der Waals surface area (Å²) in [6.07, 6.45) is 3.39. The highest BCUT2D eigenvalue weighted by atomic mass is 35.5. The van der Waals surface area contributed by atoms with E-state index in [1.54, 1.807) is 36.4 Å². The maximum absolute atomic E-state index is 13.0. The van der Waals surface area contributed by atoms with E-state index in [2.05, 4.69) is 4.72 Å². The smallest absolute Gasteiger partial charge is 0.244 e. The van der Waals surface area contributed by atoms with E-state index >= 15 is 0 Å². The number of carbonyl (C=O) groups is 2. The average molecular weight is 477 g/mol. The second-order valence-corrected chi connectivity index (χ2v) is 10.4. The largest absolute Gasteiger partial charge is 0.495 e. The minimum atomic E-state index is -3.91. The third-order valence-corrected chi connectivity index (χ3v) is 7.84. The van der Waals surface area contributed by atoms with Crippen LogP contribution in [0, 0.1) is 11.8 Å². The summed E-state index contributed by atoms with van der Waals surface area (Å²) in [5.74, 6) is -0.593. The number of nitrogens with zero attached hydrogens (tertiary/aromatic N) is 1. The van der Waals surface area contributed by atoms with Crippen molar-refractivity contribution < 1.29 is 22.7 Å². The molecule has 2 fully saturated rings. The topological polar surface area (TPSA) is 92.8 Å². The Labute approximate surface area is 192 Å². The average Bonchev–Trinajstić information content (AvgIpc) is 3.04. The predicted octanol–water partition coefficient (Wildman–Crippen LogP) is 3.50. The Morgan fingerprint density at radius 1 is 1.00 bits per heavy atom. The molecule has 2 atom stereocenters. The van der Waals surface area contributed by atoms with Crippen LogP contribution in [0.5, 0.6) is 5.75 Å². The van der Waals surface area contributed by atoms with E-state index in [4.69, 9.17) is 16.3 Å². The summed E-state index contributed by atoms with van der Waals surface area (Å²) in [6.45, 7) is 0.133. The highest BCUT2D eigenvalue weighted by Gasteiger charge is 2.47. The van der Waals surface area contributed by atoms with Gasteiger partial charge in [0, 0.05) is 11.6 Å². The summed E-state index contributed by atoms with van der Waals surface area (Å²) in [7, 11) is -2.52. The van der Waals surface area contributed by atoms with E-state index in [-0.39, 0.29) is 47.4 Å². The summed E-state index contributed by atoms with van der Waals surface area (Å²) in [5.41, 5.74) is 1.31. The normalized spacial score (nSPS) is 21.0. The Morgan fingerprint density at radius 2 is 1.59 bits per heavy atom. The van der Waals surface area contributed by atoms with Crippen LogP contribution in [-0.4, -0.2) is 32.2 Å². The molecule has 1 aliphatic carbocycles. The number of methoxy groups -OCH3 is 1. The van der Waals surface area contributed by atoms with Crippen molar-refractivity contribution in [3.8, 4) is 5.75 Å². The number of sulfonamides is 1. The Kier molecular flexibility index (Phi) is 6.55. The van der Waals surface area contributed by atoms with E-state index < -0.39 is 10.0 Å². The Bertz CT molecular complexity index is 1110. The molecule has 1 aliphatic heterocycles. The molecule has 1 heterocycles. The van der Waals surface area contributed by atoms with Crippen molar-refractivity contribution >= 4 is 33.4 Å². The lowest BCUT2D eigenvalue weighted by Gasteiger charge is -2.19. The van der Waals surface area contributed by atoms with E-state index in [1.165, 1.54) is 18.1 Å². The van der Waals surface area contributed by atoms with Crippen molar-refractivity contribution in [3.63, 3.8) is 0 Å². The van der Waals surface area contributed by atoms with Gasteiger partial charge in [0.1, 0.15) is 10.6 Å². The molecule has 2 aromatic rings. The van der Waals surface area contributed by atoms with Gasteiger partial charge in [0.2, 0.25) is 21.8 Å². The number of likely N-dealkylation sites (tertiary alicyclic amines) is 1. The first-order valence-corrected chi connectivity index (χ1v) is 12.4. The molecule has 170 valence electrons. The van der Waals surface area contributed by atoms with E-state index in [0.29, 0.717) is 10.6 Å². The van der Waals surface area contributed by atoms with Gasteiger partial charge in [-0.05, 0) is 48.2 Å². The molecule has 0 radical (unpaired) electrons. The van der Waals surface area contributed by atoms with Crippen LogP contribution in [0.15, 0.2) is 47.4 Å². The number of rotatable bonds is 7. The van der Waals surface area contributed by atoms with Gasteiger partial charge in [0.05, 0.1) is 25.5 Å². The zero-order valence-electron chi connectivity index (χ0n) is 17.7. The number of fused-ring (bicyclic) bond motifs is 1. The van der Waals surface area contributed by atoms with Gasteiger partial charge in [-0.1, -0.05) is 42.6 Å². The molecule has 2 amide bonds. The van der Waals surface area contributed by atoms with Crippen LogP contribution in [0.25, 0.3) is 0 Å². The highest BCUT2D eigenvalue weighted by Crippen LogP contribution is 2.39. The quantitative estimate of drug-likeness (QED) is 0.617. The van der Waals surface area contributed by atoms with Crippen LogP contribution in [0.1, 0.15) is 36.8 Å². The van der Waals surface area contributed by atoms with Crippen LogP contribution in [0.2, 0.25) is 5.02 Å². The van der Waals surface area contributed by atoms with Gasteiger partial charge in [0.15, 0.2) is 0 Å². The van der Waals surface area contributed by atoms with Crippen molar-refractivity contribution in [2.45, 2.75) is 43.7 Å². The number of ether oxygens (including phenoxy) is 1. The molecular weight excluding hydrogens is 452 g/mol. The summed E-state index contributed by atoms with van der Waals surface area (Å²) < 4.78 is 33.8. The minimum absolute atomic E-state index is 0.0389. The SMILES string of the molecule is COc1ccc(CN2C(=O)C3CCCCC3C2=O)cc1S(=O)(=O)NCc1ccc(Cl)cc1. The Morgan fingerprint density at radius 3 is 2.19 bits per heavy atom. The third-order valence-electron chi connectivity index (χ3n) is 6.17. The third kappa shape index (κ3) is 4.53. The molecule has 2 unspecified atom stereocenters. The molecule has 1 saturated heterocycles. The first-order valence-electron chi connectivity index (χ1n) is 10.6. The molecular formula is C23H25ClN2O5S. The van der Waals surface area contributed by atoms with Gasteiger partial charge < -0.3 is 4.74 Å². The molecule has 9 heteroatoms. The monoisotopic (exact) mass is 476 g/mol. The Hall–Kier alpha value is -2.42. The second-order valence-electron chi connectivity index (χ2n) is 8.20. The first kappa shape index (κ1) is 22.8. The number of nitrogens with one attached hydrogen (secondary N) is 1. The van der Waals surface area contributed by atoms with Crippen LogP contribution in [0.4, 0.5) is 0 Å². The molecule has 7 nitrogen and oxygen atoms in total. The first-order chi connectivity index (χ1) is 15.3. The molecule has 1 saturated carbocycles. The maximum atomic E-state index is 13.0. The minimum Gasteiger partial charge on any atom is -0.495 e. The van der Waals surface area contributed by atoms with Gasteiger partial charge in [-0.15, -0.1) is 0 Å². The van der Waals surface area contributed by atoms with Gasteiger partial charge in [-0.3, -0.25) is 14.5 Å². The highest BCUT2D eigenvalue weighted by molar-refractivity contribution is 7.89. The maximum Gasteiger partial charge on any atom is 0.244 e. The molecule has 0 aromatic heterocycles. The van der Waals surface area contributed by atoms with Crippen molar-refractivity contribution in [1.82, 2.24) is 9.62 Å². The standard InChI is InChI=1S/C23H25ClN2O5S/c1-31-20-11-8-16(14-26-22(27)18-4-2-3-5-19(18)23(26)28)12-21(20)32(29,30)25-13-15-6-9-17(24)10-7-15/h6-12,18-19,25H,2-5,13-14H2,1H3.